The van der Waals surface area contributed by atoms with E-state index in [9.17, 15) is 0 Å². The predicted molar refractivity (Wildman–Crippen MR) is 62.7 cm³/mol. The summed E-state index contributed by atoms with van der Waals surface area (Å²) in [5.41, 5.74) is 0. The molecule has 0 heterocycles. The zero-order chi connectivity index (χ0) is 9.66. The quantitative estimate of drug-likeness (QED) is 0.409. The first-order valence-corrected chi connectivity index (χ1v) is 6.39. The number of hydrogen-bond donors (Lipinski definition) is 1. The fourth-order valence-corrected chi connectivity index (χ4v) is 1.73. The first-order valence-electron chi connectivity index (χ1n) is 3.90. The van der Waals surface area contributed by atoms with Crippen LogP contribution >= 0.6 is 21.6 Å². The maximum atomic E-state index is 7.88. The van der Waals surface area contributed by atoms with Crippen molar-refractivity contribution >= 4 is 21.6 Å². The number of aliphatic hydroxyl groups excluding tert-OH is 1. The highest BCUT2D eigenvalue weighted by Crippen LogP contribution is 2.20. The van der Waals surface area contributed by atoms with Crippen LogP contribution < -0.4 is 0 Å². The van der Waals surface area contributed by atoms with Crippen LogP contribution in [0.2, 0.25) is 0 Å². The largest absolute Gasteiger partial charge is 0.396 e. The molecule has 0 fully saturated rings. The third-order valence-electron chi connectivity index (χ3n) is 0.679. The smallest absolute Gasteiger partial charge is 0.0428 e. The molecule has 0 rings (SSSR count). The van der Waals surface area contributed by atoms with Gasteiger partial charge in [-0.15, -0.1) is 13.2 Å². The minimum Gasteiger partial charge on any atom is -0.396 e. The summed E-state index contributed by atoms with van der Waals surface area (Å²) in [5.74, 6) is 2.05. The van der Waals surface area contributed by atoms with E-state index in [0.717, 1.165) is 17.9 Å². The Labute approximate surface area is 83.7 Å². The molecule has 0 aromatic rings. The minimum atomic E-state index is 0.319. The van der Waals surface area contributed by atoms with E-state index in [1.807, 2.05) is 19.1 Å². The Kier molecular flexibility index (Phi) is 21.1. The standard InChI is InChI=1S/C6H10S2.C3H8O/c1-3-5-7-8-6-4-2;1-2-3-4/h3-4H,1-2,5-6H2;4H,2-3H2,1H3. The van der Waals surface area contributed by atoms with Crippen LogP contribution in [-0.4, -0.2) is 23.2 Å². The van der Waals surface area contributed by atoms with Gasteiger partial charge in [0.1, 0.15) is 0 Å². The molecule has 0 radical (unpaired) electrons. The third-order valence-corrected chi connectivity index (χ3v) is 2.91. The highest BCUT2D eigenvalue weighted by molar-refractivity contribution is 8.76. The monoisotopic (exact) mass is 206 g/mol. The summed E-state index contributed by atoms with van der Waals surface area (Å²) in [7, 11) is 3.61. The molecule has 0 unspecified atom stereocenters. The molecule has 1 N–H and O–H groups in total. The molecule has 0 aliphatic carbocycles. The number of hydrogen-bond acceptors (Lipinski definition) is 3. The second-order valence-corrected chi connectivity index (χ2v) is 4.42. The van der Waals surface area contributed by atoms with Crippen molar-refractivity contribution in [3.63, 3.8) is 0 Å². The van der Waals surface area contributed by atoms with Crippen LogP contribution in [0.1, 0.15) is 13.3 Å². The van der Waals surface area contributed by atoms with Crippen LogP contribution in [0.25, 0.3) is 0 Å². The van der Waals surface area contributed by atoms with Crippen molar-refractivity contribution in [3.05, 3.63) is 25.3 Å². The Hall–Kier alpha value is 0.140. The van der Waals surface area contributed by atoms with Crippen LogP contribution in [0.5, 0.6) is 0 Å². The van der Waals surface area contributed by atoms with Crippen LogP contribution in [-0.2, 0) is 0 Å². The molecule has 0 saturated heterocycles. The normalized spacial score (nSPS) is 8.17. The summed E-state index contributed by atoms with van der Waals surface area (Å²) in [6.07, 6.45) is 4.68. The summed E-state index contributed by atoms with van der Waals surface area (Å²) < 4.78 is 0. The Morgan fingerprint density at radius 3 is 1.67 bits per heavy atom. The van der Waals surface area contributed by atoms with Gasteiger partial charge < -0.3 is 5.11 Å². The molecule has 0 aliphatic rings. The van der Waals surface area contributed by atoms with E-state index in [1.54, 1.807) is 21.6 Å². The molecule has 0 amide bonds. The highest BCUT2D eigenvalue weighted by atomic mass is 33.1. The SMILES string of the molecule is C=CCSSCC=C.CCCO. The molecule has 3 heteroatoms. The van der Waals surface area contributed by atoms with Crippen molar-refractivity contribution in [2.45, 2.75) is 13.3 Å². The highest BCUT2D eigenvalue weighted by Gasteiger charge is 1.79. The average Bonchev–Trinajstić information content (AvgIpc) is 2.13. The van der Waals surface area contributed by atoms with E-state index in [-0.39, 0.29) is 0 Å². The van der Waals surface area contributed by atoms with Crippen molar-refractivity contribution in [1.82, 2.24) is 0 Å². The summed E-state index contributed by atoms with van der Waals surface area (Å²) in [4.78, 5) is 0. The van der Waals surface area contributed by atoms with Gasteiger partial charge in [-0.25, -0.2) is 0 Å². The van der Waals surface area contributed by atoms with Gasteiger partial charge in [0.15, 0.2) is 0 Å². The summed E-state index contributed by atoms with van der Waals surface area (Å²) >= 11 is 0. The van der Waals surface area contributed by atoms with Gasteiger partial charge >= 0.3 is 0 Å². The first kappa shape index (κ1) is 14.7. The Morgan fingerprint density at radius 1 is 1.17 bits per heavy atom. The van der Waals surface area contributed by atoms with Crippen LogP contribution in [0.3, 0.4) is 0 Å². The average molecular weight is 206 g/mol. The first-order chi connectivity index (χ1) is 5.83. The summed E-state index contributed by atoms with van der Waals surface area (Å²) in [6, 6.07) is 0. The topological polar surface area (TPSA) is 20.2 Å². The van der Waals surface area contributed by atoms with Crippen LogP contribution in [0.4, 0.5) is 0 Å². The van der Waals surface area contributed by atoms with E-state index in [0.29, 0.717) is 6.61 Å². The van der Waals surface area contributed by atoms with E-state index < -0.39 is 0 Å². The summed E-state index contributed by atoms with van der Waals surface area (Å²) in [5, 5.41) is 7.88. The molecule has 0 aromatic heterocycles. The molecular formula is C9H18OS2. The lowest BCUT2D eigenvalue weighted by Gasteiger charge is -1.89. The van der Waals surface area contributed by atoms with E-state index in [4.69, 9.17) is 5.11 Å². The second kappa shape index (κ2) is 17.3. The molecule has 0 saturated carbocycles. The Morgan fingerprint density at radius 2 is 1.50 bits per heavy atom. The molecule has 0 aromatic carbocycles. The molecule has 0 atom stereocenters. The fraction of sp³-hybridized carbons (Fsp3) is 0.556. The molecule has 0 spiro atoms. The molecule has 12 heavy (non-hydrogen) atoms. The zero-order valence-corrected chi connectivity index (χ0v) is 9.29. The van der Waals surface area contributed by atoms with E-state index in [1.165, 1.54) is 0 Å². The van der Waals surface area contributed by atoms with Crippen molar-refractivity contribution in [3.8, 4) is 0 Å². The molecule has 72 valence electrons. The Balaban J connectivity index is 0. The second-order valence-electron chi connectivity index (χ2n) is 1.87. The van der Waals surface area contributed by atoms with Gasteiger partial charge in [-0.05, 0) is 6.42 Å². The van der Waals surface area contributed by atoms with Crippen LogP contribution in [0, 0.1) is 0 Å². The van der Waals surface area contributed by atoms with Gasteiger partial charge in [0.2, 0.25) is 0 Å². The van der Waals surface area contributed by atoms with Gasteiger partial charge in [-0.3, -0.25) is 0 Å². The predicted octanol–water partition coefficient (Wildman–Crippen LogP) is 3.13. The zero-order valence-electron chi connectivity index (χ0n) is 7.66. The Bertz CT molecular complexity index is 82.5. The van der Waals surface area contributed by atoms with Crippen molar-refractivity contribution in [1.29, 1.82) is 0 Å². The maximum Gasteiger partial charge on any atom is 0.0428 e. The van der Waals surface area contributed by atoms with Gasteiger partial charge in [0, 0.05) is 18.1 Å². The molecule has 0 aliphatic heterocycles. The number of rotatable bonds is 6. The van der Waals surface area contributed by atoms with E-state index in [2.05, 4.69) is 13.2 Å². The van der Waals surface area contributed by atoms with Gasteiger partial charge in [-0.1, -0.05) is 40.7 Å². The third kappa shape index (κ3) is 22.5. The van der Waals surface area contributed by atoms with Crippen molar-refractivity contribution < 1.29 is 5.11 Å². The fourth-order valence-electron chi connectivity index (χ4n) is 0.192. The lowest BCUT2D eigenvalue weighted by molar-refractivity contribution is 0.295. The van der Waals surface area contributed by atoms with Gasteiger partial charge in [0.05, 0.1) is 0 Å². The lowest BCUT2D eigenvalue weighted by atomic mass is 10.5. The van der Waals surface area contributed by atoms with Crippen LogP contribution in [0.15, 0.2) is 25.3 Å². The minimum absolute atomic E-state index is 0.319. The lowest BCUT2D eigenvalue weighted by Crippen LogP contribution is -1.69. The van der Waals surface area contributed by atoms with Gasteiger partial charge in [-0.2, -0.15) is 0 Å². The molecular weight excluding hydrogens is 188 g/mol. The van der Waals surface area contributed by atoms with Crippen molar-refractivity contribution in [2.24, 2.45) is 0 Å². The van der Waals surface area contributed by atoms with E-state index >= 15 is 0 Å². The number of aliphatic hydroxyl groups is 1. The molecule has 1 nitrogen and oxygen atoms in total. The molecule has 0 bridgehead atoms. The summed E-state index contributed by atoms with van der Waals surface area (Å²) in [6.45, 7) is 9.45. The maximum absolute atomic E-state index is 7.88. The van der Waals surface area contributed by atoms with Gasteiger partial charge in [0.25, 0.3) is 0 Å². The van der Waals surface area contributed by atoms with Crippen molar-refractivity contribution in [2.75, 3.05) is 18.1 Å².